The zero-order valence-corrected chi connectivity index (χ0v) is 19.9. The first kappa shape index (κ1) is 25.0. The number of hydrogen-bond donors (Lipinski definition) is 4. The Bertz CT molecular complexity index is 1040. The molecule has 1 heterocycles. The Kier molecular flexibility index (Phi) is 8.43. The second-order valence-corrected chi connectivity index (χ2v) is 9.31. The molecule has 5 N–H and O–H groups in total. The number of rotatable bonds is 10. The van der Waals surface area contributed by atoms with E-state index in [9.17, 15) is 9.59 Å². The van der Waals surface area contributed by atoms with Crippen LogP contribution in [-0.4, -0.2) is 39.4 Å². The standard InChI is InChI=1S/C26H33N5O3/c1-26(2,3)31-25(33)23(30-24(32)22(27)14-20-15-28-17-29-20)13-18-9-11-21(12-10-18)34-16-19-7-5-4-6-8-19/h4-12,15,17,22-23H,13-14,16,27H2,1-3H3,(H,28,29)(H,30,32)(H,31,33). The van der Waals surface area contributed by atoms with E-state index < -0.39 is 23.5 Å². The minimum atomic E-state index is -0.806. The van der Waals surface area contributed by atoms with Gasteiger partial charge in [0.05, 0.1) is 12.4 Å². The monoisotopic (exact) mass is 463 g/mol. The number of nitrogens with two attached hydrogens (primary N) is 1. The summed E-state index contributed by atoms with van der Waals surface area (Å²) in [6, 6.07) is 15.9. The summed E-state index contributed by atoms with van der Waals surface area (Å²) >= 11 is 0. The molecule has 2 unspecified atom stereocenters. The van der Waals surface area contributed by atoms with Crippen LogP contribution in [0.15, 0.2) is 67.1 Å². The van der Waals surface area contributed by atoms with Crippen LogP contribution in [0.25, 0.3) is 0 Å². The molecule has 180 valence electrons. The third-order valence-electron chi connectivity index (χ3n) is 5.07. The van der Waals surface area contributed by atoms with Gasteiger partial charge in [-0.3, -0.25) is 9.59 Å². The number of aromatic nitrogens is 2. The molecule has 0 radical (unpaired) electrons. The van der Waals surface area contributed by atoms with Crippen LogP contribution in [-0.2, 0) is 29.0 Å². The van der Waals surface area contributed by atoms with Crippen molar-refractivity contribution < 1.29 is 14.3 Å². The molecule has 0 aliphatic carbocycles. The molecule has 2 atom stereocenters. The van der Waals surface area contributed by atoms with E-state index in [4.69, 9.17) is 10.5 Å². The highest BCUT2D eigenvalue weighted by molar-refractivity contribution is 5.90. The van der Waals surface area contributed by atoms with Crippen molar-refractivity contribution in [2.24, 2.45) is 5.73 Å². The number of ether oxygens (including phenoxy) is 1. The first-order valence-electron chi connectivity index (χ1n) is 11.3. The lowest BCUT2D eigenvalue weighted by molar-refractivity contribution is -0.130. The van der Waals surface area contributed by atoms with E-state index in [1.165, 1.54) is 6.33 Å². The quantitative estimate of drug-likeness (QED) is 0.368. The largest absolute Gasteiger partial charge is 0.489 e. The lowest BCUT2D eigenvalue weighted by Gasteiger charge is -2.26. The minimum Gasteiger partial charge on any atom is -0.489 e. The fourth-order valence-corrected chi connectivity index (χ4v) is 3.37. The molecule has 0 saturated heterocycles. The number of nitrogens with one attached hydrogen (secondary N) is 3. The molecular weight excluding hydrogens is 430 g/mol. The summed E-state index contributed by atoms with van der Waals surface area (Å²) < 4.78 is 5.84. The smallest absolute Gasteiger partial charge is 0.243 e. The van der Waals surface area contributed by atoms with Gasteiger partial charge in [-0.1, -0.05) is 42.5 Å². The molecule has 0 aliphatic rings. The van der Waals surface area contributed by atoms with Crippen molar-refractivity contribution in [2.45, 2.75) is 57.8 Å². The summed E-state index contributed by atoms with van der Waals surface area (Å²) in [6.07, 6.45) is 3.78. The van der Waals surface area contributed by atoms with Gasteiger partial charge in [0.15, 0.2) is 0 Å². The van der Waals surface area contributed by atoms with Gasteiger partial charge in [0.25, 0.3) is 0 Å². The summed E-state index contributed by atoms with van der Waals surface area (Å²) in [5, 5.41) is 5.76. The summed E-state index contributed by atoms with van der Waals surface area (Å²) in [5.74, 6) is 0.0689. The van der Waals surface area contributed by atoms with Crippen LogP contribution in [0.2, 0.25) is 0 Å². The first-order valence-corrected chi connectivity index (χ1v) is 11.3. The van der Waals surface area contributed by atoms with Crippen molar-refractivity contribution in [3.63, 3.8) is 0 Å². The third-order valence-corrected chi connectivity index (χ3v) is 5.07. The highest BCUT2D eigenvalue weighted by Crippen LogP contribution is 2.16. The molecule has 2 amide bonds. The topological polar surface area (TPSA) is 122 Å². The fourth-order valence-electron chi connectivity index (χ4n) is 3.37. The number of benzene rings is 2. The normalized spacial score (nSPS) is 13.1. The summed E-state index contributed by atoms with van der Waals surface area (Å²) in [5.41, 5.74) is 8.36. The van der Waals surface area contributed by atoms with Crippen molar-refractivity contribution in [1.82, 2.24) is 20.6 Å². The van der Waals surface area contributed by atoms with E-state index in [0.717, 1.165) is 22.6 Å². The number of carbonyl (C=O) groups is 2. The molecule has 8 nitrogen and oxygen atoms in total. The van der Waals surface area contributed by atoms with Crippen LogP contribution in [0, 0.1) is 0 Å². The van der Waals surface area contributed by atoms with Crippen LogP contribution in [0.1, 0.15) is 37.6 Å². The maximum atomic E-state index is 13.0. The van der Waals surface area contributed by atoms with Gasteiger partial charge in [-0.05, 0) is 44.0 Å². The predicted octanol–water partition coefficient (Wildman–Crippen LogP) is 2.50. The molecule has 0 fully saturated rings. The second kappa shape index (κ2) is 11.5. The zero-order valence-electron chi connectivity index (χ0n) is 19.9. The minimum absolute atomic E-state index is 0.265. The van der Waals surface area contributed by atoms with Crippen molar-refractivity contribution >= 4 is 11.8 Å². The van der Waals surface area contributed by atoms with E-state index in [1.54, 1.807) is 6.20 Å². The average Bonchev–Trinajstić information content (AvgIpc) is 3.30. The van der Waals surface area contributed by atoms with E-state index in [2.05, 4.69) is 20.6 Å². The third kappa shape index (κ3) is 8.04. The lowest BCUT2D eigenvalue weighted by Crippen LogP contribution is -2.56. The first-order chi connectivity index (χ1) is 16.2. The molecular formula is C26H33N5O3. The van der Waals surface area contributed by atoms with E-state index in [0.29, 0.717) is 19.4 Å². The maximum Gasteiger partial charge on any atom is 0.243 e. The fraction of sp³-hybridized carbons (Fsp3) is 0.346. The number of imidazole rings is 1. The van der Waals surface area contributed by atoms with Crippen LogP contribution < -0.4 is 21.1 Å². The van der Waals surface area contributed by atoms with Gasteiger partial charge in [0.1, 0.15) is 18.4 Å². The number of carbonyl (C=O) groups excluding carboxylic acids is 2. The Morgan fingerprint density at radius 1 is 1.00 bits per heavy atom. The van der Waals surface area contributed by atoms with Gasteiger partial charge in [-0.25, -0.2) is 4.98 Å². The highest BCUT2D eigenvalue weighted by Gasteiger charge is 2.27. The number of aromatic amines is 1. The summed E-state index contributed by atoms with van der Waals surface area (Å²) in [4.78, 5) is 32.6. The van der Waals surface area contributed by atoms with E-state index in [-0.39, 0.29) is 5.91 Å². The van der Waals surface area contributed by atoms with Gasteiger partial charge in [0.2, 0.25) is 11.8 Å². The van der Waals surface area contributed by atoms with Gasteiger partial charge in [0, 0.05) is 30.3 Å². The molecule has 0 saturated carbocycles. The summed E-state index contributed by atoms with van der Waals surface area (Å²) in [7, 11) is 0. The molecule has 0 spiro atoms. The van der Waals surface area contributed by atoms with Crippen molar-refractivity contribution in [2.75, 3.05) is 0 Å². The Balaban J connectivity index is 1.64. The number of hydrogen-bond acceptors (Lipinski definition) is 5. The predicted molar refractivity (Wildman–Crippen MR) is 131 cm³/mol. The highest BCUT2D eigenvalue weighted by atomic mass is 16.5. The molecule has 0 bridgehead atoms. The van der Waals surface area contributed by atoms with Crippen molar-refractivity contribution in [3.05, 3.63) is 83.9 Å². The molecule has 8 heteroatoms. The van der Waals surface area contributed by atoms with Gasteiger partial charge >= 0.3 is 0 Å². The number of amides is 2. The van der Waals surface area contributed by atoms with E-state index >= 15 is 0 Å². The maximum absolute atomic E-state index is 13.0. The van der Waals surface area contributed by atoms with Crippen molar-refractivity contribution in [3.8, 4) is 5.75 Å². The second-order valence-electron chi connectivity index (χ2n) is 9.31. The Hall–Kier alpha value is -3.65. The SMILES string of the molecule is CC(C)(C)NC(=O)C(Cc1ccc(OCc2ccccc2)cc1)NC(=O)C(N)Cc1cnc[nH]1. The summed E-state index contributed by atoms with van der Waals surface area (Å²) in [6.45, 7) is 6.16. The lowest BCUT2D eigenvalue weighted by atomic mass is 10.0. The average molecular weight is 464 g/mol. The Morgan fingerprint density at radius 2 is 1.71 bits per heavy atom. The Labute approximate surface area is 200 Å². The Morgan fingerprint density at radius 3 is 2.32 bits per heavy atom. The van der Waals surface area contributed by atoms with Crippen LogP contribution in [0.5, 0.6) is 5.75 Å². The van der Waals surface area contributed by atoms with E-state index in [1.807, 2.05) is 75.4 Å². The molecule has 34 heavy (non-hydrogen) atoms. The van der Waals surface area contributed by atoms with Crippen LogP contribution >= 0.6 is 0 Å². The van der Waals surface area contributed by atoms with Gasteiger partial charge in [-0.2, -0.15) is 0 Å². The van der Waals surface area contributed by atoms with Crippen LogP contribution in [0.4, 0.5) is 0 Å². The van der Waals surface area contributed by atoms with Crippen LogP contribution in [0.3, 0.4) is 0 Å². The molecule has 0 aliphatic heterocycles. The number of H-pyrrole nitrogens is 1. The van der Waals surface area contributed by atoms with Gasteiger partial charge < -0.3 is 26.1 Å². The molecule has 1 aromatic heterocycles. The molecule has 3 rings (SSSR count). The number of nitrogens with zero attached hydrogens (tertiary/aromatic N) is 1. The molecule has 3 aromatic rings. The van der Waals surface area contributed by atoms with Crippen molar-refractivity contribution in [1.29, 1.82) is 0 Å². The zero-order chi connectivity index (χ0) is 24.6. The molecule has 2 aromatic carbocycles. The van der Waals surface area contributed by atoms with Gasteiger partial charge in [-0.15, -0.1) is 0 Å².